The van der Waals surface area contributed by atoms with Gasteiger partial charge in [0.05, 0.1) is 26.4 Å². The second-order valence-electron chi connectivity index (χ2n) is 9.62. The van der Waals surface area contributed by atoms with E-state index in [9.17, 15) is 14.4 Å². The molecule has 3 aromatic rings. The van der Waals surface area contributed by atoms with E-state index in [4.69, 9.17) is 4.98 Å². The van der Waals surface area contributed by atoms with Crippen molar-refractivity contribution in [2.45, 2.75) is 56.9 Å². The van der Waals surface area contributed by atoms with E-state index in [1.807, 2.05) is 23.1 Å². The first-order chi connectivity index (χ1) is 16.6. The van der Waals surface area contributed by atoms with Crippen molar-refractivity contribution < 1.29 is 14.4 Å². The first-order valence-electron chi connectivity index (χ1n) is 12.3. The third-order valence-corrected chi connectivity index (χ3v) is 8.75. The molecule has 1 saturated carbocycles. The van der Waals surface area contributed by atoms with Crippen LogP contribution in [0.3, 0.4) is 0 Å². The number of para-hydroxylation sites is 1. The van der Waals surface area contributed by atoms with Crippen LogP contribution in [0, 0.1) is 0 Å². The Morgan fingerprint density at radius 1 is 0.882 bits per heavy atom. The summed E-state index contributed by atoms with van der Waals surface area (Å²) in [4.78, 5) is 47.4. The highest BCUT2D eigenvalue weighted by atomic mass is 32.1. The first kappa shape index (κ1) is 21.5. The van der Waals surface area contributed by atoms with E-state index in [2.05, 4.69) is 6.07 Å². The highest BCUT2D eigenvalue weighted by molar-refractivity contribution is 7.18. The van der Waals surface area contributed by atoms with Gasteiger partial charge in [0.2, 0.25) is 0 Å². The number of hydrogen-bond acceptors (Lipinski definition) is 5. The fourth-order valence-corrected chi connectivity index (χ4v) is 6.78. The maximum Gasteiger partial charge on any atom is 0.261 e. The van der Waals surface area contributed by atoms with Gasteiger partial charge in [-0.3, -0.25) is 19.3 Å². The molecule has 0 radical (unpaired) electrons. The van der Waals surface area contributed by atoms with Gasteiger partial charge in [0.25, 0.3) is 17.7 Å². The summed E-state index contributed by atoms with van der Waals surface area (Å²) in [6.07, 6.45) is 6.77. The number of imide groups is 1. The summed E-state index contributed by atoms with van der Waals surface area (Å²) in [5.41, 5.74) is 2.34. The Balaban J connectivity index is 1.15. The van der Waals surface area contributed by atoms with Crippen molar-refractivity contribution in [2.75, 3.05) is 13.1 Å². The summed E-state index contributed by atoms with van der Waals surface area (Å²) in [7, 11) is 0. The molecule has 1 aromatic heterocycles. The van der Waals surface area contributed by atoms with Crippen LogP contribution in [0.15, 0.2) is 42.5 Å². The number of hydrogen-bond donors (Lipinski definition) is 0. The third kappa shape index (κ3) is 3.63. The molecule has 3 aliphatic rings. The highest BCUT2D eigenvalue weighted by Gasteiger charge is 2.40. The molecule has 2 aromatic carbocycles. The van der Waals surface area contributed by atoms with Crippen molar-refractivity contribution in [1.29, 1.82) is 0 Å². The number of rotatable bonds is 3. The van der Waals surface area contributed by atoms with Crippen molar-refractivity contribution in [3.05, 3.63) is 64.2 Å². The second-order valence-corrected chi connectivity index (χ2v) is 10.7. The smallest absolute Gasteiger partial charge is 0.261 e. The molecule has 1 saturated heterocycles. The zero-order valence-corrected chi connectivity index (χ0v) is 19.9. The number of thiazole rings is 1. The Morgan fingerprint density at radius 3 is 2.38 bits per heavy atom. The van der Waals surface area contributed by atoms with Crippen LogP contribution >= 0.6 is 11.3 Å². The summed E-state index contributed by atoms with van der Waals surface area (Å²) < 4.78 is 1.20. The third-order valence-electron chi connectivity index (χ3n) is 7.55. The number of piperidine rings is 1. The zero-order valence-electron chi connectivity index (χ0n) is 19.0. The molecule has 6 nitrogen and oxygen atoms in total. The Kier molecular flexibility index (Phi) is 5.44. The lowest BCUT2D eigenvalue weighted by Gasteiger charge is -2.31. The first-order valence-corrected chi connectivity index (χ1v) is 13.1. The lowest BCUT2D eigenvalue weighted by atomic mass is 9.94. The Labute approximate surface area is 202 Å². The van der Waals surface area contributed by atoms with Crippen LogP contribution in [0.2, 0.25) is 0 Å². The summed E-state index contributed by atoms with van der Waals surface area (Å²) in [6.45, 7) is 1.33. The van der Waals surface area contributed by atoms with E-state index >= 15 is 0 Å². The van der Waals surface area contributed by atoms with Crippen LogP contribution in [-0.2, 0) is 0 Å². The predicted octanol–water partition coefficient (Wildman–Crippen LogP) is 5.24. The molecule has 7 heteroatoms. The van der Waals surface area contributed by atoms with Crippen LogP contribution in [0.25, 0.3) is 10.2 Å². The Hall–Kier alpha value is -3.06. The molecule has 2 aliphatic heterocycles. The summed E-state index contributed by atoms with van der Waals surface area (Å²) >= 11 is 1.75. The Morgan fingerprint density at radius 2 is 1.62 bits per heavy atom. The minimum atomic E-state index is -0.240. The van der Waals surface area contributed by atoms with E-state index in [1.165, 1.54) is 9.60 Å². The molecule has 0 atom stereocenters. The van der Waals surface area contributed by atoms with Crippen molar-refractivity contribution in [2.24, 2.45) is 0 Å². The number of carbonyl (C=O) groups excluding carboxylic acids is 3. The Bertz CT molecular complexity index is 1250. The maximum absolute atomic E-state index is 13.3. The molecule has 174 valence electrons. The lowest BCUT2D eigenvalue weighted by molar-refractivity contribution is 0.0548. The van der Waals surface area contributed by atoms with Gasteiger partial charge in [0.1, 0.15) is 0 Å². The molecular weight excluding hydrogens is 446 g/mol. The molecule has 6 rings (SSSR count). The van der Waals surface area contributed by atoms with Gasteiger partial charge in [-0.25, -0.2) is 4.98 Å². The predicted molar refractivity (Wildman–Crippen MR) is 131 cm³/mol. The molecule has 0 N–H and O–H groups in total. The molecule has 3 amide bonds. The maximum atomic E-state index is 13.3. The van der Waals surface area contributed by atoms with Gasteiger partial charge in [-0.1, -0.05) is 31.4 Å². The number of aromatic nitrogens is 1. The van der Waals surface area contributed by atoms with Crippen LogP contribution in [-0.4, -0.2) is 51.6 Å². The van der Waals surface area contributed by atoms with Gasteiger partial charge < -0.3 is 4.90 Å². The number of fused-ring (bicyclic) bond motifs is 2. The average Bonchev–Trinajstić information content (AvgIpc) is 3.43. The highest BCUT2D eigenvalue weighted by Crippen LogP contribution is 2.35. The largest absolute Gasteiger partial charge is 0.339 e. The zero-order chi connectivity index (χ0) is 23.2. The molecule has 2 fully saturated rings. The molecule has 0 spiro atoms. The van der Waals surface area contributed by atoms with Crippen molar-refractivity contribution in [3.63, 3.8) is 0 Å². The molecular formula is C27H27N3O3S. The normalized spacial score (nSPS) is 19.8. The van der Waals surface area contributed by atoms with Gasteiger partial charge in [0, 0.05) is 30.6 Å². The van der Waals surface area contributed by atoms with Gasteiger partial charge >= 0.3 is 0 Å². The van der Waals surface area contributed by atoms with E-state index in [1.54, 1.807) is 29.5 Å². The van der Waals surface area contributed by atoms with Gasteiger partial charge in [-0.05, 0) is 56.0 Å². The van der Waals surface area contributed by atoms with Gasteiger partial charge in [-0.2, -0.15) is 0 Å². The van der Waals surface area contributed by atoms with E-state index in [0.29, 0.717) is 35.7 Å². The minimum Gasteiger partial charge on any atom is -0.339 e. The lowest BCUT2D eigenvalue weighted by Crippen LogP contribution is -2.40. The SMILES string of the molecule is O=C(c1ccc2c(c1)C(=O)N(C1CCCCC1)C2=O)N1CCC(c2nc3ccccc3s2)CC1. The fourth-order valence-electron chi connectivity index (χ4n) is 5.64. The van der Waals surface area contributed by atoms with Crippen molar-refractivity contribution >= 4 is 39.3 Å². The standard InChI is InChI=1S/C27H27N3O3S/c31-25(29-14-12-17(13-15-29)24-28-22-8-4-5-9-23(22)34-24)18-10-11-20-21(16-18)27(33)30(26(20)32)19-6-2-1-3-7-19/h4-5,8-11,16-17,19H,1-3,6-7,12-15H2. The van der Waals surface area contributed by atoms with Gasteiger partial charge in [-0.15, -0.1) is 11.3 Å². The molecule has 0 unspecified atom stereocenters. The number of amides is 3. The summed E-state index contributed by atoms with van der Waals surface area (Å²) in [5, 5.41) is 1.15. The average molecular weight is 474 g/mol. The number of nitrogens with zero attached hydrogens (tertiary/aromatic N) is 3. The second kappa shape index (κ2) is 8.62. The minimum absolute atomic E-state index is 0.0122. The summed E-state index contributed by atoms with van der Waals surface area (Å²) in [6, 6.07) is 13.2. The monoisotopic (exact) mass is 473 g/mol. The number of benzene rings is 2. The quantitative estimate of drug-likeness (QED) is 0.488. The number of likely N-dealkylation sites (tertiary alicyclic amines) is 1. The molecule has 0 bridgehead atoms. The van der Waals surface area contributed by atoms with Crippen LogP contribution in [0.1, 0.15) is 86.9 Å². The molecule has 34 heavy (non-hydrogen) atoms. The topological polar surface area (TPSA) is 70.6 Å². The van der Waals surface area contributed by atoms with Crippen LogP contribution in [0.4, 0.5) is 0 Å². The van der Waals surface area contributed by atoms with Crippen molar-refractivity contribution in [3.8, 4) is 0 Å². The van der Waals surface area contributed by atoms with Crippen LogP contribution < -0.4 is 0 Å². The van der Waals surface area contributed by atoms with E-state index in [-0.39, 0.29) is 23.8 Å². The van der Waals surface area contributed by atoms with E-state index in [0.717, 1.165) is 55.5 Å². The van der Waals surface area contributed by atoms with Gasteiger partial charge in [0.15, 0.2) is 0 Å². The van der Waals surface area contributed by atoms with Crippen molar-refractivity contribution in [1.82, 2.24) is 14.8 Å². The fraction of sp³-hybridized carbons (Fsp3) is 0.407. The number of carbonyl (C=O) groups is 3. The van der Waals surface area contributed by atoms with Crippen LogP contribution in [0.5, 0.6) is 0 Å². The molecule has 1 aliphatic carbocycles. The van der Waals surface area contributed by atoms with E-state index < -0.39 is 0 Å². The molecule has 3 heterocycles. The summed E-state index contributed by atoms with van der Waals surface area (Å²) in [5.74, 6) is -0.148.